The van der Waals surface area contributed by atoms with Crippen molar-refractivity contribution >= 4 is 34.3 Å². The van der Waals surface area contributed by atoms with E-state index >= 15 is 0 Å². The van der Waals surface area contributed by atoms with Gasteiger partial charge in [-0.1, -0.05) is 29.8 Å². The first-order chi connectivity index (χ1) is 10.6. The van der Waals surface area contributed by atoms with Gasteiger partial charge in [-0.25, -0.2) is 4.99 Å². The molecule has 1 saturated heterocycles. The van der Waals surface area contributed by atoms with Crippen LogP contribution in [0.1, 0.15) is 18.4 Å². The Bertz CT molecular complexity index is 684. The van der Waals surface area contributed by atoms with Gasteiger partial charge in [-0.05, 0) is 31.4 Å². The van der Waals surface area contributed by atoms with Crippen LogP contribution in [0.25, 0.3) is 0 Å². The van der Waals surface area contributed by atoms with E-state index in [1.54, 1.807) is 6.20 Å². The van der Waals surface area contributed by atoms with E-state index in [1.165, 1.54) is 0 Å². The summed E-state index contributed by atoms with van der Waals surface area (Å²) in [6, 6.07) is 7.94. The number of amidine groups is 1. The predicted molar refractivity (Wildman–Crippen MR) is 92.1 cm³/mol. The standard InChI is InChI=1S/C16H18ClN5/c1-11-6-2-3-7-13(11)19-10-12-14(17)20-16(21-15(12)18)22-8-4-5-9-22/h2-3,6-7,10,18-19H,4-5,8-9H2,1H3/b12-10-,18-15?. The number of para-hydroxylation sites is 1. The zero-order valence-corrected chi connectivity index (χ0v) is 13.2. The molecular weight excluding hydrogens is 298 g/mol. The molecule has 0 saturated carbocycles. The second-order valence-corrected chi connectivity index (χ2v) is 5.73. The summed E-state index contributed by atoms with van der Waals surface area (Å²) in [4.78, 5) is 10.7. The maximum absolute atomic E-state index is 8.10. The molecule has 0 atom stereocenters. The number of nitrogens with zero attached hydrogens (tertiary/aromatic N) is 3. The first kappa shape index (κ1) is 14.8. The molecule has 2 aliphatic rings. The van der Waals surface area contributed by atoms with E-state index < -0.39 is 0 Å². The van der Waals surface area contributed by atoms with Crippen molar-refractivity contribution in [1.29, 1.82) is 5.41 Å². The highest BCUT2D eigenvalue weighted by molar-refractivity contribution is 6.73. The van der Waals surface area contributed by atoms with E-state index in [0.29, 0.717) is 16.7 Å². The highest BCUT2D eigenvalue weighted by atomic mass is 35.5. The highest BCUT2D eigenvalue weighted by Gasteiger charge is 2.23. The van der Waals surface area contributed by atoms with Crippen molar-refractivity contribution in [2.45, 2.75) is 19.8 Å². The van der Waals surface area contributed by atoms with E-state index in [4.69, 9.17) is 17.0 Å². The summed E-state index contributed by atoms with van der Waals surface area (Å²) in [7, 11) is 0. The third-order valence-corrected chi connectivity index (χ3v) is 4.08. The fraction of sp³-hybridized carbons (Fsp3) is 0.312. The van der Waals surface area contributed by atoms with Gasteiger partial charge in [0.2, 0.25) is 5.96 Å². The molecule has 3 rings (SSSR count). The number of likely N-dealkylation sites (tertiary alicyclic amines) is 1. The molecule has 2 aliphatic heterocycles. The van der Waals surface area contributed by atoms with Crippen LogP contribution in [0.4, 0.5) is 5.69 Å². The van der Waals surface area contributed by atoms with Gasteiger partial charge in [0.15, 0.2) is 5.84 Å². The van der Waals surface area contributed by atoms with Crippen molar-refractivity contribution in [3.8, 4) is 0 Å². The first-order valence-corrected chi connectivity index (χ1v) is 7.72. The molecule has 5 nitrogen and oxygen atoms in total. The van der Waals surface area contributed by atoms with E-state index in [-0.39, 0.29) is 5.84 Å². The number of hydrogen-bond acceptors (Lipinski definition) is 4. The van der Waals surface area contributed by atoms with E-state index in [0.717, 1.165) is 37.2 Å². The molecule has 0 spiro atoms. The van der Waals surface area contributed by atoms with Gasteiger partial charge in [0.05, 0.1) is 5.57 Å². The van der Waals surface area contributed by atoms with Gasteiger partial charge in [0.25, 0.3) is 0 Å². The van der Waals surface area contributed by atoms with Gasteiger partial charge in [-0.3, -0.25) is 5.41 Å². The van der Waals surface area contributed by atoms with E-state index in [2.05, 4.69) is 20.2 Å². The first-order valence-electron chi connectivity index (χ1n) is 7.34. The molecule has 22 heavy (non-hydrogen) atoms. The zero-order chi connectivity index (χ0) is 15.5. The zero-order valence-electron chi connectivity index (χ0n) is 12.4. The number of aliphatic imine (C=N–C) groups is 2. The molecule has 0 radical (unpaired) electrons. The van der Waals surface area contributed by atoms with Gasteiger partial charge >= 0.3 is 0 Å². The summed E-state index contributed by atoms with van der Waals surface area (Å²) in [6.45, 7) is 3.88. The van der Waals surface area contributed by atoms with Crippen molar-refractivity contribution in [3.05, 3.63) is 41.6 Å². The molecule has 1 fully saturated rings. The van der Waals surface area contributed by atoms with Crippen LogP contribution in [0.3, 0.4) is 0 Å². The predicted octanol–water partition coefficient (Wildman–Crippen LogP) is 3.37. The smallest absolute Gasteiger partial charge is 0.228 e. The van der Waals surface area contributed by atoms with Crippen molar-refractivity contribution in [2.75, 3.05) is 18.4 Å². The van der Waals surface area contributed by atoms with Crippen molar-refractivity contribution in [1.82, 2.24) is 4.90 Å². The normalized spacial score (nSPS) is 20.2. The van der Waals surface area contributed by atoms with Crippen LogP contribution in [0, 0.1) is 12.3 Å². The second kappa shape index (κ2) is 6.32. The Kier molecular flexibility index (Phi) is 4.24. The van der Waals surface area contributed by atoms with Crippen LogP contribution in [-0.2, 0) is 0 Å². The van der Waals surface area contributed by atoms with Gasteiger partial charge in [0.1, 0.15) is 5.17 Å². The maximum Gasteiger partial charge on any atom is 0.228 e. The second-order valence-electron chi connectivity index (χ2n) is 5.37. The van der Waals surface area contributed by atoms with Crippen LogP contribution in [0.2, 0.25) is 0 Å². The number of nitrogens with one attached hydrogen (secondary N) is 2. The molecule has 1 aromatic rings. The molecule has 6 heteroatoms. The van der Waals surface area contributed by atoms with Gasteiger partial charge in [-0.2, -0.15) is 4.99 Å². The average Bonchev–Trinajstić information content (AvgIpc) is 3.02. The summed E-state index contributed by atoms with van der Waals surface area (Å²) < 4.78 is 0. The Labute approximate surface area is 134 Å². The van der Waals surface area contributed by atoms with Gasteiger partial charge in [-0.15, -0.1) is 0 Å². The molecule has 114 valence electrons. The number of anilines is 1. The third kappa shape index (κ3) is 3.04. The molecular formula is C16H18ClN5. The summed E-state index contributed by atoms with van der Waals surface area (Å²) >= 11 is 6.25. The minimum absolute atomic E-state index is 0.142. The van der Waals surface area contributed by atoms with Gasteiger partial charge < -0.3 is 10.2 Å². The lowest BCUT2D eigenvalue weighted by Crippen LogP contribution is -2.31. The lowest BCUT2D eigenvalue weighted by Gasteiger charge is -2.20. The highest BCUT2D eigenvalue weighted by Crippen LogP contribution is 2.19. The Morgan fingerprint density at radius 3 is 2.64 bits per heavy atom. The summed E-state index contributed by atoms with van der Waals surface area (Å²) in [6.07, 6.45) is 3.97. The fourth-order valence-electron chi connectivity index (χ4n) is 2.50. The van der Waals surface area contributed by atoms with Crippen molar-refractivity contribution in [3.63, 3.8) is 0 Å². The lowest BCUT2D eigenvalue weighted by atomic mass is 10.2. The maximum atomic E-state index is 8.10. The van der Waals surface area contributed by atoms with Crippen LogP contribution < -0.4 is 5.32 Å². The quantitative estimate of drug-likeness (QED) is 0.879. The Balaban J connectivity index is 1.78. The molecule has 1 aromatic carbocycles. The van der Waals surface area contributed by atoms with E-state index in [9.17, 15) is 0 Å². The lowest BCUT2D eigenvalue weighted by molar-refractivity contribution is 0.514. The summed E-state index contributed by atoms with van der Waals surface area (Å²) in [5.74, 6) is 0.698. The Morgan fingerprint density at radius 2 is 1.95 bits per heavy atom. The number of hydrogen-bond donors (Lipinski definition) is 2. The Hall–Kier alpha value is -2.14. The van der Waals surface area contributed by atoms with Crippen LogP contribution in [0.15, 0.2) is 46.0 Å². The number of guanidine groups is 1. The third-order valence-electron chi connectivity index (χ3n) is 3.79. The largest absolute Gasteiger partial charge is 0.361 e. The molecule has 2 N–H and O–H groups in total. The average molecular weight is 316 g/mol. The molecule has 0 unspecified atom stereocenters. The fourth-order valence-corrected chi connectivity index (χ4v) is 2.72. The molecule has 0 bridgehead atoms. The number of halogens is 1. The minimum atomic E-state index is 0.142. The van der Waals surface area contributed by atoms with Crippen LogP contribution >= 0.6 is 11.6 Å². The van der Waals surface area contributed by atoms with Crippen molar-refractivity contribution < 1.29 is 0 Å². The topological polar surface area (TPSA) is 63.8 Å². The van der Waals surface area contributed by atoms with Crippen LogP contribution in [0.5, 0.6) is 0 Å². The molecule has 2 heterocycles. The summed E-state index contributed by atoms with van der Waals surface area (Å²) in [5.41, 5.74) is 2.60. The number of rotatable bonds is 2. The monoisotopic (exact) mass is 315 g/mol. The number of aryl methyl sites for hydroxylation is 1. The summed E-state index contributed by atoms with van der Waals surface area (Å²) in [5, 5.41) is 11.6. The molecule has 0 aromatic heterocycles. The Morgan fingerprint density at radius 1 is 1.23 bits per heavy atom. The van der Waals surface area contributed by atoms with E-state index in [1.807, 2.05) is 31.2 Å². The van der Waals surface area contributed by atoms with Crippen molar-refractivity contribution in [2.24, 2.45) is 9.98 Å². The molecule has 0 amide bonds. The van der Waals surface area contributed by atoms with Gasteiger partial charge in [0, 0.05) is 25.0 Å². The SMILES string of the molecule is Cc1ccccc1N/C=C1\C(=N)N=C(N2CCCC2)N=C1Cl. The minimum Gasteiger partial charge on any atom is -0.361 e. The van der Waals surface area contributed by atoms with Crippen LogP contribution in [-0.4, -0.2) is 35.0 Å². The molecule has 0 aliphatic carbocycles. The number of benzene rings is 1.